The van der Waals surface area contributed by atoms with Gasteiger partial charge in [0, 0.05) is 6.16 Å². The molecular formula is C10H23O2P. The average Bonchev–Trinajstić information content (AvgIpc) is 2.09. The van der Waals surface area contributed by atoms with Gasteiger partial charge in [0.05, 0.1) is 6.61 Å². The summed E-state index contributed by atoms with van der Waals surface area (Å²) in [7, 11) is -1.72. The van der Waals surface area contributed by atoms with Gasteiger partial charge in [-0.25, -0.2) is 0 Å². The van der Waals surface area contributed by atoms with Crippen LogP contribution in [0.25, 0.3) is 0 Å². The molecule has 0 spiro atoms. The molecular weight excluding hydrogens is 183 g/mol. The maximum Gasteiger partial charge on any atom is 0.191 e. The topological polar surface area (TPSA) is 26.3 Å². The van der Waals surface area contributed by atoms with Crippen molar-refractivity contribution in [3.8, 4) is 0 Å². The molecule has 0 aliphatic carbocycles. The van der Waals surface area contributed by atoms with Crippen molar-refractivity contribution in [2.24, 2.45) is 5.92 Å². The lowest BCUT2D eigenvalue weighted by Crippen LogP contribution is -1.92. The first kappa shape index (κ1) is 13.2. The maximum absolute atomic E-state index is 11.3. The molecule has 2 nitrogen and oxygen atoms in total. The summed E-state index contributed by atoms with van der Waals surface area (Å²) in [5.41, 5.74) is 0. The summed E-state index contributed by atoms with van der Waals surface area (Å²) in [6.07, 6.45) is 5.20. The van der Waals surface area contributed by atoms with Crippen LogP contribution in [0.4, 0.5) is 0 Å². The van der Waals surface area contributed by atoms with Gasteiger partial charge in [0.25, 0.3) is 0 Å². The van der Waals surface area contributed by atoms with Gasteiger partial charge in [-0.2, -0.15) is 0 Å². The van der Waals surface area contributed by atoms with Gasteiger partial charge in [0.2, 0.25) is 0 Å². The largest absolute Gasteiger partial charge is 0.330 e. The van der Waals surface area contributed by atoms with Gasteiger partial charge in [-0.1, -0.05) is 33.6 Å². The van der Waals surface area contributed by atoms with Crippen molar-refractivity contribution in [2.75, 3.05) is 12.8 Å². The van der Waals surface area contributed by atoms with Gasteiger partial charge in [-0.3, -0.25) is 4.57 Å². The van der Waals surface area contributed by atoms with Crippen LogP contribution in [0, 0.1) is 5.92 Å². The molecule has 0 aromatic heterocycles. The summed E-state index contributed by atoms with van der Waals surface area (Å²) < 4.78 is 16.5. The fraction of sp³-hybridized carbons (Fsp3) is 1.00. The molecule has 0 radical (unpaired) electrons. The van der Waals surface area contributed by atoms with E-state index in [2.05, 4.69) is 20.8 Å². The van der Waals surface area contributed by atoms with E-state index in [4.69, 9.17) is 4.52 Å². The third-order valence-corrected chi connectivity index (χ3v) is 3.16. The summed E-state index contributed by atoms with van der Waals surface area (Å²) in [6.45, 7) is 7.13. The van der Waals surface area contributed by atoms with E-state index < -0.39 is 8.03 Å². The third kappa shape index (κ3) is 10.1. The summed E-state index contributed by atoms with van der Waals surface area (Å²) in [6, 6.07) is 0. The predicted octanol–water partition coefficient (Wildman–Crippen LogP) is 3.71. The Labute approximate surface area is 82.9 Å². The zero-order valence-corrected chi connectivity index (χ0v) is 10.1. The molecule has 3 heteroatoms. The summed E-state index contributed by atoms with van der Waals surface area (Å²) >= 11 is 0. The molecule has 0 aromatic rings. The first-order chi connectivity index (χ1) is 6.16. The highest BCUT2D eigenvalue weighted by Gasteiger charge is 2.01. The van der Waals surface area contributed by atoms with Crippen LogP contribution in [0.3, 0.4) is 0 Å². The molecule has 0 heterocycles. The molecule has 80 valence electrons. The Hall–Kier alpha value is 0.190. The lowest BCUT2D eigenvalue weighted by molar-refractivity contribution is 0.316. The van der Waals surface area contributed by atoms with Crippen LogP contribution in [0.15, 0.2) is 0 Å². The van der Waals surface area contributed by atoms with Crippen molar-refractivity contribution in [2.45, 2.75) is 46.5 Å². The summed E-state index contributed by atoms with van der Waals surface area (Å²) in [5.74, 6) is 0.633. The molecule has 13 heavy (non-hydrogen) atoms. The lowest BCUT2D eigenvalue weighted by atomic mass is 10.2. The molecule has 0 amide bonds. The number of hydrogen-bond acceptors (Lipinski definition) is 2. The normalized spacial score (nSPS) is 13.5. The van der Waals surface area contributed by atoms with Crippen molar-refractivity contribution < 1.29 is 9.09 Å². The fourth-order valence-corrected chi connectivity index (χ4v) is 2.35. The second-order valence-corrected chi connectivity index (χ2v) is 5.39. The third-order valence-electron chi connectivity index (χ3n) is 1.94. The molecule has 0 aliphatic rings. The van der Waals surface area contributed by atoms with Gasteiger partial charge < -0.3 is 4.52 Å². The molecule has 0 rings (SSSR count). The SMILES string of the molecule is CCCCCO[PH](=O)CCC(C)C. The number of rotatable bonds is 8. The summed E-state index contributed by atoms with van der Waals surface area (Å²) in [5, 5.41) is 0. The molecule has 0 saturated heterocycles. The van der Waals surface area contributed by atoms with Crippen molar-refractivity contribution in [1.82, 2.24) is 0 Å². The lowest BCUT2D eigenvalue weighted by Gasteiger charge is -2.05. The minimum atomic E-state index is -1.72. The molecule has 1 atom stereocenters. The molecule has 0 saturated carbocycles. The van der Waals surface area contributed by atoms with E-state index in [1.165, 1.54) is 12.8 Å². The fourth-order valence-electron chi connectivity index (χ4n) is 1.02. The van der Waals surface area contributed by atoms with E-state index in [-0.39, 0.29) is 0 Å². The van der Waals surface area contributed by atoms with Gasteiger partial charge in [0.1, 0.15) is 0 Å². The monoisotopic (exact) mass is 206 g/mol. The second kappa shape index (κ2) is 8.77. The quantitative estimate of drug-likeness (QED) is 0.447. The zero-order chi connectivity index (χ0) is 10.1. The standard InChI is InChI=1S/C10H23O2P/c1-4-5-6-8-12-13(11)9-7-10(2)3/h10,13H,4-9H2,1-3H3. The van der Waals surface area contributed by atoms with Crippen molar-refractivity contribution >= 4 is 8.03 Å². The van der Waals surface area contributed by atoms with E-state index in [1.807, 2.05) is 0 Å². The molecule has 0 aromatic carbocycles. The van der Waals surface area contributed by atoms with Gasteiger partial charge in [0.15, 0.2) is 8.03 Å². The van der Waals surface area contributed by atoms with E-state index in [0.29, 0.717) is 12.5 Å². The molecule has 0 aliphatic heterocycles. The van der Waals surface area contributed by atoms with E-state index in [0.717, 1.165) is 19.0 Å². The number of hydrogen-bond donors (Lipinski definition) is 0. The predicted molar refractivity (Wildman–Crippen MR) is 58.8 cm³/mol. The Morgan fingerprint density at radius 2 is 2.00 bits per heavy atom. The smallest absolute Gasteiger partial charge is 0.191 e. The van der Waals surface area contributed by atoms with Gasteiger partial charge in [-0.05, 0) is 18.8 Å². The maximum atomic E-state index is 11.3. The Bertz CT molecular complexity index is 135. The second-order valence-electron chi connectivity index (χ2n) is 3.86. The van der Waals surface area contributed by atoms with Crippen LogP contribution < -0.4 is 0 Å². The highest BCUT2D eigenvalue weighted by atomic mass is 31.1. The first-order valence-electron chi connectivity index (χ1n) is 5.32. The molecule has 0 N–H and O–H groups in total. The molecule has 0 fully saturated rings. The minimum Gasteiger partial charge on any atom is -0.330 e. The Morgan fingerprint density at radius 3 is 2.54 bits per heavy atom. The Morgan fingerprint density at radius 1 is 1.31 bits per heavy atom. The first-order valence-corrected chi connectivity index (χ1v) is 6.84. The van der Waals surface area contributed by atoms with Crippen LogP contribution in [-0.2, 0) is 9.09 Å². The highest BCUT2D eigenvalue weighted by molar-refractivity contribution is 7.39. The highest BCUT2D eigenvalue weighted by Crippen LogP contribution is 2.25. The van der Waals surface area contributed by atoms with E-state index in [1.54, 1.807) is 0 Å². The van der Waals surface area contributed by atoms with Gasteiger partial charge in [-0.15, -0.1) is 0 Å². The molecule has 0 bridgehead atoms. The Kier molecular flexibility index (Phi) is 8.90. The van der Waals surface area contributed by atoms with Crippen molar-refractivity contribution in [3.05, 3.63) is 0 Å². The zero-order valence-electron chi connectivity index (χ0n) is 9.14. The minimum absolute atomic E-state index is 0.633. The van der Waals surface area contributed by atoms with E-state index >= 15 is 0 Å². The van der Waals surface area contributed by atoms with Crippen LogP contribution >= 0.6 is 8.03 Å². The van der Waals surface area contributed by atoms with Crippen LogP contribution in [-0.4, -0.2) is 12.8 Å². The molecule has 1 unspecified atom stereocenters. The van der Waals surface area contributed by atoms with Crippen LogP contribution in [0.5, 0.6) is 0 Å². The summed E-state index contributed by atoms with van der Waals surface area (Å²) in [4.78, 5) is 0. The van der Waals surface area contributed by atoms with Crippen LogP contribution in [0.1, 0.15) is 46.5 Å². The van der Waals surface area contributed by atoms with Crippen LogP contribution in [0.2, 0.25) is 0 Å². The van der Waals surface area contributed by atoms with Gasteiger partial charge >= 0.3 is 0 Å². The van der Waals surface area contributed by atoms with Crippen molar-refractivity contribution in [1.29, 1.82) is 0 Å². The van der Waals surface area contributed by atoms with E-state index in [9.17, 15) is 4.57 Å². The number of unbranched alkanes of at least 4 members (excludes halogenated alkanes) is 2. The van der Waals surface area contributed by atoms with Crippen molar-refractivity contribution in [3.63, 3.8) is 0 Å². The average molecular weight is 206 g/mol. The Balaban J connectivity index is 3.20.